The van der Waals surface area contributed by atoms with Gasteiger partial charge in [-0.1, -0.05) is 68.8 Å². The second kappa shape index (κ2) is 5.38. The predicted molar refractivity (Wildman–Crippen MR) is 84.1 cm³/mol. The van der Waals surface area contributed by atoms with Crippen molar-refractivity contribution in [1.82, 2.24) is 0 Å². The zero-order valence-corrected chi connectivity index (χ0v) is 12.9. The highest BCUT2D eigenvalue weighted by Gasteiger charge is 2.15. The summed E-state index contributed by atoms with van der Waals surface area (Å²) in [5, 5.41) is 0.850. The number of halogens is 1. The Kier molecular flexibility index (Phi) is 4.01. The molecular formula is C18H21Cl. The van der Waals surface area contributed by atoms with E-state index in [9.17, 15) is 0 Å². The van der Waals surface area contributed by atoms with Crippen molar-refractivity contribution in [3.63, 3.8) is 0 Å². The lowest BCUT2D eigenvalue weighted by Gasteiger charge is -2.21. The maximum atomic E-state index is 6.26. The van der Waals surface area contributed by atoms with Gasteiger partial charge in [0, 0.05) is 5.02 Å². The molecule has 0 bridgehead atoms. The van der Waals surface area contributed by atoms with E-state index in [4.69, 9.17) is 11.6 Å². The first kappa shape index (κ1) is 14.1. The van der Waals surface area contributed by atoms with Gasteiger partial charge in [-0.25, -0.2) is 0 Å². The molecule has 2 aromatic carbocycles. The molecule has 0 aliphatic carbocycles. The molecular weight excluding hydrogens is 252 g/mol. The van der Waals surface area contributed by atoms with Gasteiger partial charge in [0.2, 0.25) is 0 Å². The van der Waals surface area contributed by atoms with E-state index in [0.29, 0.717) is 0 Å². The minimum atomic E-state index is 0.183. The van der Waals surface area contributed by atoms with Crippen molar-refractivity contribution in [3.05, 3.63) is 69.7 Å². The fourth-order valence-corrected chi connectivity index (χ4v) is 2.38. The Bertz CT molecular complexity index is 576. The van der Waals surface area contributed by atoms with Crippen LogP contribution in [0.2, 0.25) is 5.02 Å². The summed E-state index contributed by atoms with van der Waals surface area (Å²) in [4.78, 5) is 0. The zero-order valence-electron chi connectivity index (χ0n) is 12.1. The van der Waals surface area contributed by atoms with Crippen LogP contribution in [0.1, 0.15) is 43.0 Å². The van der Waals surface area contributed by atoms with E-state index >= 15 is 0 Å². The second-order valence-electron chi connectivity index (χ2n) is 6.16. The van der Waals surface area contributed by atoms with Crippen LogP contribution >= 0.6 is 11.6 Å². The Morgan fingerprint density at radius 3 is 2.26 bits per heavy atom. The Balaban J connectivity index is 2.38. The van der Waals surface area contributed by atoms with E-state index in [2.05, 4.69) is 52.0 Å². The first-order valence-electron chi connectivity index (χ1n) is 6.71. The molecule has 0 saturated heterocycles. The Hall–Kier alpha value is -1.27. The van der Waals surface area contributed by atoms with Crippen molar-refractivity contribution in [2.75, 3.05) is 0 Å². The van der Waals surface area contributed by atoms with Crippen molar-refractivity contribution < 1.29 is 0 Å². The molecule has 0 nitrogen and oxygen atoms in total. The van der Waals surface area contributed by atoms with Crippen LogP contribution in [0.15, 0.2) is 42.5 Å². The second-order valence-corrected chi connectivity index (χ2v) is 6.57. The van der Waals surface area contributed by atoms with E-state index in [1.165, 1.54) is 22.3 Å². The highest BCUT2D eigenvalue weighted by atomic mass is 35.5. The summed E-state index contributed by atoms with van der Waals surface area (Å²) in [6, 6.07) is 14.8. The highest BCUT2D eigenvalue weighted by molar-refractivity contribution is 6.31. The molecule has 2 aromatic rings. The molecule has 0 radical (unpaired) electrons. The van der Waals surface area contributed by atoms with Gasteiger partial charge in [0.25, 0.3) is 0 Å². The van der Waals surface area contributed by atoms with Gasteiger partial charge in [-0.05, 0) is 47.1 Å². The Morgan fingerprint density at radius 2 is 1.63 bits per heavy atom. The third-order valence-corrected chi connectivity index (χ3v) is 3.92. The van der Waals surface area contributed by atoms with Crippen molar-refractivity contribution >= 4 is 11.6 Å². The lowest BCUT2D eigenvalue weighted by Crippen LogP contribution is -2.11. The largest absolute Gasteiger partial charge is 0.0840 e. The lowest BCUT2D eigenvalue weighted by atomic mass is 9.84. The first-order valence-corrected chi connectivity index (χ1v) is 7.09. The van der Waals surface area contributed by atoms with Gasteiger partial charge in [0.1, 0.15) is 0 Å². The summed E-state index contributed by atoms with van der Waals surface area (Å²) in [5.74, 6) is 0. The topological polar surface area (TPSA) is 0 Å². The first-order chi connectivity index (χ1) is 8.88. The summed E-state index contributed by atoms with van der Waals surface area (Å²) in [6.07, 6.45) is 0.898. The van der Waals surface area contributed by atoms with Crippen LogP contribution in [0, 0.1) is 6.92 Å². The van der Waals surface area contributed by atoms with Crippen LogP contribution in [0.5, 0.6) is 0 Å². The van der Waals surface area contributed by atoms with E-state index in [1.54, 1.807) is 0 Å². The Labute approximate surface area is 121 Å². The number of benzene rings is 2. The van der Waals surface area contributed by atoms with E-state index in [1.807, 2.05) is 18.2 Å². The van der Waals surface area contributed by atoms with Crippen LogP contribution in [0.3, 0.4) is 0 Å². The van der Waals surface area contributed by atoms with Crippen molar-refractivity contribution in [1.29, 1.82) is 0 Å². The molecule has 0 heterocycles. The zero-order chi connectivity index (χ0) is 14.0. The summed E-state index contributed by atoms with van der Waals surface area (Å²) in [6.45, 7) is 8.91. The molecule has 100 valence electrons. The summed E-state index contributed by atoms with van der Waals surface area (Å²) in [5.41, 5.74) is 5.44. The molecule has 0 amide bonds. The molecule has 19 heavy (non-hydrogen) atoms. The standard InChI is InChI=1S/C18H21Cl/c1-13-9-10-16(18(2,3)4)12-15(13)11-14-7-5-6-8-17(14)19/h5-10,12H,11H2,1-4H3. The van der Waals surface area contributed by atoms with Gasteiger partial charge in [-0.15, -0.1) is 0 Å². The van der Waals surface area contributed by atoms with Gasteiger partial charge >= 0.3 is 0 Å². The van der Waals surface area contributed by atoms with E-state index < -0.39 is 0 Å². The SMILES string of the molecule is Cc1ccc(C(C)(C)C)cc1Cc1ccccc1Cl. The van der Waals surface area contributed by atoms with Gasteiger partial charge < -0.3 is 0 Å². The van der Waals surface area contributed by atoms with Crippen molar-refractivity contribution in [2.24, 2.45) is 0 Å². The molecule has 0 aliphatic rings. The molecule has 0 aliphatic heterocycles. The van der Waals surface area contributed by atoms with Gasteiger partial charge in [-0.2, -0.15) is 0 Å². The molecule has 0 N–H and O–H groups in total. The third kappa shape index (κ3) is 3.39. The maximum absolute atomic E-state index is 6.26. The van der Waals surface area contributed by atoms with Gasteiger partial charge in [0.05, 0.1) is 0 Å². The lowest BCUT2D eigenvalue weighted by molar-refractivity contribution is 0.589. The fraction of sp³-hybridized carbons (Fsp3) is 0.333. The monoisotopic (exact) mass is 272 g/mol. The Morgan fingerprint density at radius 1 is 0.947 bits per heavy atom. The van der Waals surface area contributed by atoms with Crippen LogP contribution in [0.4, 0.5) is 0 Å². The molecule has 2 rings (SSSR count). The summed E-state index contributed by atoms with van der Waals surface area (Å²) >= 11 is 6.26. The van der Waals surface area contributed by atoms with Crippen LogP contribution in [0.25, 0.3) is 0 Å². The average Bonchev–Trinajstić information content (AvgIpc) is 2.33. The highest BCUT2D eigenvalue weighted by Crippen LogP contribution is 2.27. The predicted octanol–water partition coefficient (Wildman–Crippen LogP) is 5.54. The molecule has 0 aromatic heterocycles. The van der Waals surface area contributed by atoms with Crippen LogP contribution in [-0.4, -0.2) is 0 Å². The smallest absolute Gasteiger partial charge is 0.0441 e. The fourth-order valence-electron chi connectivity index (χ4n) is 2.18. The third-order valence-electron chi connectivity index (χ3n) is 3.55. The normalized spacial score (nSPS) is 11.6. The molecule has 0 unspecified atom stereocenters. The average molecular weight is 273 g/mol. The molecule has 0 atom stereocenters. The van der Waals surface area contributed by atoms with Crippen LogP contribution in [-0.2, 0) is 11.8 Å². The van der Waals surface area contributed by atoms with Crippen LogP contribution < -0.4 is 0 Å². The number of hydrogen-bond acceptors (Lipinski definition) is 0. The quantitative estimate of drug-likeness (QED) is 0.674. The summed E-state index contributed by atoms with van der Waals surface area (Å²) in [7, 11) is 0. The maximum Gasteiger partial charge on any atom is 0.0441 e. The molecule has 0 fully saturated rings. The number of rotatable bonds is 2. The number of aryl methyl sites for hydroxylation is 1. The molecule has 0 spiro atoms. The number of hydrogen-bond donors (Lipinski definition) is 0. The van der Waals surface area contributed by atoms with Gasteiger partial charge in [0.15, 0.2) is 0 Å². The minimum absolute atomic E-state index is 0.183. The van der Waals surface area contributed by atoms with E-state index in [0.717, 1.165) is 11.4 Å². The van der Waals surface area contributed by atoms with Gasteiger partial charge in [-0.3, -0.25) is 0 Å². The molecule has 1 heteroatoms. The summed E-state index contributed by atoms with van der Waals surface area (Å²) < 4.78 is 0. The van der Waals surface area contributed by atoms with Crippen molar-refractivity contribution in [2.45, 2.75) is 39.5 Å². The molecule has 0 saturated carbocycles. The van der Waals surface area contributed by atoms with Crippen molar-refractivity contribution in [3.8, 4) is 0 Å². The van der Waals surface area contributed by atoms with E-state index in [-0.39, 0.29) is 5.41 Å². The minimum Gasteiger partial charge on any atom is -0.0840 e.